The van der Waals surface area contributed by atoms with Gasteiger partial charge in [0, 0.05) is 25.8 Å². The van der Waals surface area contributed by atoms with Gasteiger partial charge in [-0.2, -0.15) is 0 Å². The average molecular weight is 447 g/mol. The molecule has 2 saturated heterocycles. The molecule has 8 nitrogen and oxygen atoms in total. The summed E-state index contributed by atoms with van der Waals surface area (Å²) in [5.74, 6) is -1.09. The molecule has 3 rings (SSSR count). The van der Waals surface area contributed by atoms with E-state index in [4.69, 9.17) is 0 Å². The molecular formula is C19H31ClN4O4S. The Kier molecular flexibility index (Phi) is 6.76. The summed E-state index contributed by atoms with van der Waals surface area (Å²) in [6.45, 7) is 4.98. The van der Waals surface area contributed by atoms with Gasteiger partial charge in [0.25, 0.3) is 5.91 Å². The minimum absolute atomic E-state index is 0. The Morgan fingerprint density at radius 3 is 2.41 bits per heavy atom. The first-order valence-corrected chi connectivity index (χ1v) is 11.4. The van der Waals surface area contributed by atoms with Crippen LogP contribution in [0.4, 0.5) is 0 Å². The molecule has 2 fully saturated rings. The summed E-state index contributed by atoms with van der Waals surface area (Å²) in [5, 5.41) is 0. The number of fused-ring (bicyclic) bond motifs is 1. The topological polar surface area (TPSA) is 82.9 Å². The van der Waals surface area contributed by atoms with Crippen LogP contribution in [0.3, 0.4) is 0 Å². The third-order valence-electron chi connectivity index (χ3n) is 5.85. The van der Waals surface area contributed by atoms with Crippen molar-refractivity contribution in [2.75, 3.05) is 26.9 Å². The number of hydrogen-bond donors (Lipinski definition) is 0. The smallest absolute Gasteiger partial charge is 0.270 e. The predicted octanol–water partition coefficient (Wildman–Crippen LogP) is 1.17. The van der Waals surface area contributed by atoms with Gasteiger partial charge in [0.2, 0.25) is 15.9 Å². The molecule has 0 N–H and O–H groups in total. The second kappa shape index (κ2) is 8.28. The Morgan fingerprint density at radius 2 is 1.90 bits per heavy atom. The first-order chi connectivity index (χ1) is 12.9. The van der Waals surface area contributed by atoms with E-state index >= 15 is 0 Å². The Balaban J connectivity index is 0.00000300. The van der Waals surface area contributed by atoms with E-state index in [-0.39, 0.29) is 30.1 Å². The molecule has 29 heavy (non-hydrogen) atoms. The van der Waals surface area contributed by atoms with E-state index in [1.165, 1.54) is 0 Å². The highest BCUT2D eigenvalue weighted by Crippen LogP contribution is 2.41. The molecule has 0 unspecified atom stereocenters. The lowest BCUT2D eigenvalue weighted by Gasteiger charge is -2.29. The normalized spacial score (nSPS) is 24.4. The zero-order valence-corrected chi connectivity index (χ0v) is 19.5. The van der Waals surface area contributed by atoms with Crippen molar-refractivity contribution in [2.45, 2.75) is 38.9 Å². The number of carbonyl (C=O) groups is 2. The van der Waals surface area contributed by atoms with E-state index in [9.17, 15) is 18.0 Å². The third-order valence-corrected chi connectivity index (χ3v) is 7.02. The van der Waals surface area contributed by atoms with E-state index in [1.54, 1.807) is 4.90 Å². The van der Waals surface area contributed by atoms with Crippen LogP contribution in [0.1, 0.15) is 36.5 Å². The van der Waals surface area contributed by atoms with Crippen molar-refractivity contribution in [3.05, 3.63) is 23.5 Å². The molecule has 0 bridgehead atoms. The van der Waals surface area contributed by atoms with Crippen LogP contribution in [0.2, 0.25) is 0 Å². The van der Waals surface area contributed by atoms with Crippen molar-refractivity contribution in [3.8, 4) is 0 Å². The van der Waals surface area contributed by atoms with Crippen molar-refractivity contribution >= 4 is 34.2 Å². The Bertz CT molecular complexity index is 896. The largest absolute Gasteiger partial charge is 0.342 e. The summed E-state index contributed by atoms with van der Waals surface area (Å²) < 4.78 is 27.4. The van der Waals surface area contributed by atoms with Crippen LogP contribution in [0, 0.1) is 11.8 Å². The summed E-state index contributed by atoms with van der Waals surface area (Å²) in [7, 11) is 2.13. The van der Waals surface area contributed by atoms with E-state index in [2.05, 4.69) is 0 Å². The number of carbonyl (C=O) groups excluding carboxylic acids is 2. The lowest BCUT2D eigenvalue weighted by Crippen LogP contribution is -2.44. The molecular weight excluding hydrogens is 416 g/mol. The molecule has 3 heterocycles. The fourth-order valence-electron chi connectivity index (χ4n) is 4.67. The van der Waals surface area contributed by atoms with Crippen LogP contribution in [0.5, 0.6) is 0 Å². The summed E-state index contributed by atoms with van der Waals surface area (Å²) in [6.07, 6.45) is 1.55. The zero-order valence-electron chi connectivity index (χ0n) is 17.8. The minimum Gasteiger partial charge on any atom is -0.342 e. The van der Waals surface area contributed by atoms with Gasteiger partial charge in [-0.05, 0) is 38.6 Å². The summed E-state index contributed by atoms with van der Waals surface area (Å²) in [6, 6.07) is 2.86. The van der Waals surface area contributed by atoms with Crippen LogP contribution in [0.25, 0.3) is 0 Å². The number of likely N-dealkylation sites (tertiary alicyclic amines) is 1. The molecule has 10 heteroatoms. The monoisotopic (exact) mass is 446 g/mol. The van der Waals surface area contributed by atoms with Crippen LogP contribution in [0.15, 0.2) is 12.1 Å². The fraction of sp³-hybridized carbons (Fsp3) is 0.684. The van der Waals surface area contributed by atoms with Crippen LogP contribution in [-0.2, 0) is 28.4 Å². The molecule has 2 aliphatic rings. The van der Waals surface area contributed by atoms with Crippen LogP contribution in [-0.4, -0.2) is 77.9 Å². The van der Waals surface area contributed by atoms with Crippen molar-refractivity contribution in [3.63, 3.8) is 0 Å². The highest BCUT2D eigenvalue weighted by atomic mass is 35.5. The standard InChI is InChI=1S/C19H30N4O4S.ClH/c1-12(2)16-17-14(23(19(16)25)28(6,26)27)9-10-22(17)18(24)15-8-7-13(21(15)5)11-20(3)4;/h7-8,12,14,16-17H,9-11H2,1-6H3;1H/t14-,16+,17-;/m1./s1. The maximum Gasteiger partial charge on any atom is 0.270 e. The van der Waals surface area contributed by atoms with Gasteiger partial charge in [0.05, 0.1) is 24.3 Å². The molecule has 0 spiro atoms. The Morgan fingerprint density at radius 1 is 1.28 bits per heavy atom. The Labute approximate surface area is 179 Å². The van der Waals surface area contributed by atoms with E-state index in [0.717, 1.165) is 16.3 Å². The van der Waals surface area contributed by atoms with Gasteiger partial charge in [-0.25, -0.2) is 12.7 Å². The van der Waals surface area contributed by atoms with Crippen LogP contribution >= 0.6 is 12.4 Å². The van der Waals surface area contributed by atoms with Crippen molar-refractivity contribution in [1.29, 1.82) is 0 Å². The number of amides is 2. The lowest BCUT2D eigenvalue weighted by atomic mass is 9.88. The van der Waals surface area contributed by atoms with Gasteiger partial charge in [-0.3, -0.25) is 9.59 Å². The number of hydrogen-bond acceptors (Lipinski definition) is 5. The van der Waals surface area contributed by atoms with Gasteiger partial charge in [0.15, 0.2) is 0 Å². The highest BCUT2D eigenvalue weighted by molar-refractivity contribution is 7.88. The molecule has 0 radical (unpaired) electrons. The van der Waals surface area contributed by atoms with Crippen molar-refractivity contribution in [1.82, 2.24) is 18.7 Å². The molecule has 164 valence electrons. The zero-order chi connectivity index (χ0) is 21.0. The second-order valence-corrected chi connectivity index (χ2v) is 10.4. The first kappa shape index (κ1) is 23.7. The van der Waals surface area contributed by atoms with E-state index in [0.29, 0.717) is 25.2 Å². The molecule has 3 atom stereocenters. The maximum atomic E-state index is 13.4. The first-order valence-electron chi connectivity index (χ1n) is 9.58. The fourth-order valence-corrected chi connectivity index (χ4v) is 5.84. The molecule has 2 amide bonds. The number of halogens is 1. The van der Waals surface area contributed by atoms with Crippen LogP contribution < -0.4 is 0 Å². The molecule has 0 aromatic carbocycles. The lowest BCUT2D eigenvalue weighted by molar-refractivity contribution is -0.129. The number of rotatable bonds is 5. The maximum absolute atomic E-state index is 13.4. The molecule has 1 aromatic rings. The molecule has 1 aromatic heterocycles. The number of sulfonamides is 1. The van der Waals surface area contributed by atoms with Crippen molar-refractivity contribution in [2.24, 2.45) is 18.9 Å². The van der Waals surface area contributed by atoms with Gasteiger partial charge in [-0.1, -0.05) is 13.8 Å². The Hall–Kier alpha value is -1.58. The van der Waals surface area contributed by atoms with E-state index < -0.39 is 28.0 Å². The van der Waals surface area contributed by atoms with Gasteiger partial charge in [0.1, 0.15) is 5.69 Å². The second-order valence-electron chi connectivity index (χ2n) is 8.52. The highest BCUT2D eigenvalue weighted by Gasteiger charge is 2.58. The minimum atomic E-state index is -3.67. The SMILES string of the molecule is CC(C)[C@@H]1C(=O)N(S(C)(=O)=O)[C@@H]2CCN(C(=O)c3ccc(CN(C)C)n3C)[C@H]21.Cl. The summed E-state index contributed by atoms with van der Waals surface area (Å²) in [4.78, 5) is 30.0. The van der Waals surface area contributed by atoms with E-state index in [1.807, 2.05) is 56.6 Å². The summed E-state index contributed by atoms with van der Waals surface area (Å²) in [5.41, 5.74) is 1.58. The molecule has 2 aliphatic heterocycles. The van der Waals surface area contributed by atoms with Crippen molar-refractivity contribution < 1.29 is 18.0 Å². The third kappa shape index (κ3) is 4.04. The predicted molar refractivity (Wildman–Crippen MR) is 113 cm³/mol. The molecule has 0 saturated carbocycles. The number of nitrogens with zero attached hydrogens (tertiary/aromatic N) is 4. The van der Waals surface area contributed by atoms with Gasteiger partial charge in [-0.15, -0.1) is 12.4 Å². The number of aromatic nitrogens is 1. The van der Waals surface area contributed by atoms with Gasteiger partial charge >= 0.3 is 0 Å². The quantitative estimate of drug-likeness (QED) is 0.677. The van der Waals surface area contributed by atoms with Gasteiger partial charge < -0.3 is 14.4 Å². The molecule has 0 aliphatic carbocycles. The summed E-state index contributed by atoms with van der Waals surface area (Å²) >= 11 is 0. The average Bonchev–Trinajstić information content (AvgIpc) is 3.18.